The summed E-state index contributed by atoms with van der Waals surface area (Å²) < 4.78 is 4.71. The second-order valence-electron chi connectivity index (χ2n) is 7.32. The van der Waals surface area contributed by atoms with Gasteiger partial charge in [0.05, 0.1) is 7.11 Å². The van der Waals surface area contributed by atoms with E-state index in [2.05, 4.69) is 40.1 Å². The molecule has 150 valence electrons. The van der Waals surface area contributed by atoms with Crippen LogP contribution >= 0.6 is 0 Å². The first-order valence-corrected chi connectivity index (χ1v) is 10.1. The molecule has 0 atom stereocenters. The maximum absolute atomic E-state index is 11.7. The third-order valence-electron chi connectivity index (χ3n) is 5.40. The van der Waals surface area contributed by atoms with Gasteiger partial charge in [0.2, 0.25) is 0 Å². The topological polar surface area (TPSA) is 53.0 Å². The molecule has 1 aliphatic heterocycles. The number of carbonyl (C=O) groups is 1. The van der Waals surface area contributed by atoms with Gasteiger partial charge in [-0.2, -0.15) is 0 Å². The van der Waals surface area contributed by atoms with E-state index in [1.54, 1.807) is 12.1 Å². The zero-order valence-corrected chi connectivity index (χ0v) is 16.6. The number of aryl methyl sites for hydroxylation is 1. The van der Waals surface area contributed by atoms with E-state index in [1.165, 1.54) is 19.2 Å². The molecule has 28 heavy (non-hydrogen) atoms. The molecule has 0 spiro atoms. The molecule has 5 heteroatoms. The summed E-state index contributed by atoms with van der Waals surface area (Å²) in [6.07, 6.45) is 4.34. The number of aromatic hydroxyl groups is 1. The van der Waals surface area contributed by atoms with Gasteiger partial charge >= 0.3 is 5.97 Å². The van der Waals surface area contributed by atoms with Crippen LogP contribution in [0, 0.1) is 0 Å². The van der Waals surface area contributed by atoms with Gasteiger partial charge in [0.15, 0.2) is 0 Å². The molecular weight excluding hydrogens is 352 g/mol. The minimum atomic E-state index is -0.492. The summed E-state index contributed by atoms with van der Waals surface area (Å²) in [6, 6.07) is 15.8. The molecule has 0 aromatic heterocycles. The number of ether oxygens (including phenoxy) is 1. The molecule has 1 saturated heterocycles. The van der Waals surface area contributed by atoms with Crippen LogP contribution in [0.15, 0.2) is 48.5 Å². The number of phenols is 1. The Morgan fingerprint density at radius 1 is 1.00 bits per heavy atom. The molecule has 2 aromatic carbocycles. The maximum atomic E-state index is 11.7. The number of piperazine rings is 1. The maximum Gasteiger partial charge on any atom is 0.341 e. The first kappa shape index (κ1) is 20.2. The predicted octanol–water partition coefficient (Wildman–Crippen LogP) is 3.71. The fourth-order valence-electron chi connectivity index (χ4n) is 3.72. The highest BCUT2D eigenvalue weighted by Crippen LogP contribution is 2.21. The Bertz CT molecular complexity index is 756. The van der Waals surface area contributed by atoms with Crippen molar-refractivity contribution < 1.29 is 14.6 Å². The van der Waals surface area contributed by atoms with E-state index in [4.69, 9.17) is 4.74 Å². The zero-order valence-electron chi connectivity index (χ0n) is 16.6. The summed E-state index contributed by atoms with van der Waals surface area (Å²) in [4.78, 5) is 16.7. The number of rotatable bonds is 8. The number of carbonyl (C=O) groups excluding carboxylic acids is 1. The molecule has 1 N–H and O–H groups in total. The lowest BCUT2D eigenvalue weighted by Crippen LogP contribution is -2.46. The number of para-hydroxylation sites is 1. The third kappa shape index (κ3) is 5.49. The summed E-state index contributed by atoms with van der Waals surface area (Å²) in [5, 5.41) is 9.77. The Morgan fingerprint density at radius 3 is 2.46 bits per heavy atom. The number of anilines is 1. The van der Waals surface area contributed by atoms with E-state index in [1.807, 2.05) is 6.07 Å². The molecule has 0 radical (unpaired) electrons. The summed E-state index contributed by atoms with van der Waals surface area (Å²) in [5.74, 6) is -0.515. The van der Waals surface area contributed by atoms with Gasteiger partial charge < -0.3 is 14.7 Å². The molecule has 1 fully saturated rings. The lowest BCUT2D eigenvalue weighted by atomic mass is 10.0. The normalized spacial score (nSPS) is 14.8. The monoisotopic (exact) mass is 382 g/mol. The van der Waals surface area contributed by atoms with Gasteiger partial charge in [-0.05, 0) is 55.6 Å². The van der Waals surface area contributed by atoms with Crippen molar-refractivity contribution in [2.75, 3.05) is 44.7 Å². The van der Waals surface area contributed by atoms with E-state index in [0.29, 0.717) is 0 Å². The highest BCUT2D eigenvalue weighted by atomic mass is 16.5. The molecule has 2 aromatic rings. The van der Waals surface area contributed by atoms with Crippen molar-refractivity contribution in [3.05, 3.63) is 59.7 Å². The van der Waals surface area contributed by atoms with Crippen molar-refractivity contribution in [1.82, 2.24) is 4.90 Å². The van der Waals surface area contributed by atoms with Crippen LogP contribution < -0.4 is 4.90 Å². The number of esters is 1. The summed E-state index contributed by atoms with van der Waals surface area (Å²) in [6.45, 7) is 5.57. The van der Waals surface area contributed by atoms with Crippen LogP contribution in [-0.2, 0) is 11.2 Å². The van der Waals surface area contributed by atoms with E-state index in [9.17, 15) is 9.90 Å². The average molecular weight is 383 g/mol. The molecule has 5 nitrogen and oxygen atoms in total. The standard InChI is InChI=1S/C23H30N2O3/c1-28-23(27)21-18-19(11-12-22(21)26)8-4-3-7-13-24-14-16-25(17-15-24)20-9-5-2-6-10-20/h2,5-6,9-12,18,26H,3-4,7-8,13-17H2,1H3. The SMILES string of the molecule is COC(=O)c1cc(CCCCCN2CCN(c3ccccc3)CC2)ccc1O. The van der Waals surface area contributed by atoms with Crippen molar-refractivity contribution in [3.8, 4) is 5.75 Å². The van der Waals surface area contributed by atoms with Gasteiger partial charge in [-0.25, -0.2) is 4.79 Å². The summed E-state index contributed by atoms with van der Waals surface area (Å²) >= 11 is 0. The van der Waals surface area contributed by atoms with E-state index < -0.39 is 5.97 Å². The van der Waals surface area contributed by atoms with Crippen molar-refractivity contribution in [1.29, 1.82) is 0 Å². The van der Waals surface area contributed by atoms with E-state index in [-0.39, 0.29) is 11.3 Å². The molecule has 0 aliphatic carbocycles. The predicted molar refractivity (Wildman–Crippen MR) is 112 cm³/mol. The van der Waals surface area contributed by atoms with Crippen LogP contribution in [0.1, 0.15) is 35.2 Å². The van der Waals surface area contributed by atoms with E-state index >= 15 is 0 Å². The van der Waals surface area contributed by atoms with Crippen molar-refractivity contribution >= 4 is 11.7 Å². The van der Waals surface area contributed by atoms with Crippen molar-refractivity contribution in [2.45, 2.75) is 25.7 Å². The number of benzene rings is 2. The molecule has 1 aliphatic rings. The third-order valence-corrected chi connectivity index (χ3v) is 5.40. The zero-order chi connectivity index (χ0) is 19.8. The van der Waals surface area contributed by atoms with Gasteiger partial charge in [0, 0.05) is 31.9 Å². The minimum Gasteiger partial charge on any atom is -0.507 e. The smallest absolute Gasteiger partial charge is 0.341 e. The highest BCUT2D eigenvalue weighted by Gasteiger charge is 2.16. The molecule has 0 amide bonds. The Morgan fingerprint density at radius 2 is 1.75 bits per heavy atom. The molecule has 1 heterocycles. The largest absolute Gasteiger partial charge is 0.507 e. The summed E-state index contributed by atoms with van der Waals surface area (Å²) in [5.41, 5.74) is 2.63. The van der Waals surface area contributed by atoms with Gasteiger partial charge in [0.1, 0.15) is 11.3 Å². The quantitative estimate of drug-likeness (QED) is 0.557. The molecular formula is C23H30N2O3. The van der Waals surface area contributed by atoms with Crippen LogP contribution in [0.5, 0.6) is 5.75 Å². The molecule has 0 saturated carbocycles. The van der Waals surface area contributed by atoms with Crippen molar-refractivity contribution in [3.63, 3.8) is 0 Å². The average Bonchev–Trinajstić information content (AvgIpc) is 2.75. The Kier molecular flexibility index (Phi) is 7.31. The van der Waals surface area contributed by atoms with Gasteiger partial charge in [-0.1, -0.05) is 30.7 Å². The van der Waals surface area contributed by atoms with Gasteiger partial charge in [-0.15, -0.1) is 0 Å². The second kappa shape index (κ2) is 10.1. The number of hydrogen-bond donors (Lipinski definition) is 1. The minimum absolute atomic E-state index is 0.0229. The highest BCUT2D eigenvalue weighted by molar-refractivity contribution is 5.92. The van der Waals surface area contributed by atoms with E-state index in [0.717, 1.165) is 57.5 Å². The fourth-order valence-corrected chi connectivity index (χ4v) is 3.72. The number of unbranched alkanes of at least 4 members (excludes halogenated alkanes) is 2. The second-order valence-corrected chi connectivity index (χ2v) is 7.32. The number of phenolic OH excluding ortho intramolecular Hbond substituents is 1. The molecule has 0 unspecified atom stereocenters. The fraction of sp³-hybridized carbons (Fsp3) is 0.435. The number of methoxy groups -OCH3 is 1. The van der Waals surface area contributed by atoms with Gasteiger partial charge in [-0.3, -0.25) is 4.90 Å². The van der Waals surface area contributed by atoms with Crippen LogP contribution in [0.4, 0.5) is 5.69 Å². The Hall–Kier alpha value is -2.53. The molecule has 3 rings (SSSR count). The van der Waals surface area contributed by atoms with Crippen LogP contribution in [0.2, 0.25) is 0 Å². The van der Waals surface area contributed by atoms with Crippen LogP contribution in [0.25, 0.3) is 0 Å². The first-order valence-electron chi connectivity index (χ1n) is 10.1. The van der Waals surface area contributed by atoms with Crippen LogP contribution in [0.3, 0.4) is 0 Å². The lowest BCUT2D eigenvalue weighted by Gasteiger charge is -2.36. The first-order chi connectivity index (χ1) is 13.7. The van der Waals surface area contributed by atoms with Gasteiger partial charge in [0.25, 0.3) is 0 Å². The number of nitrogens with zero attached hydrogens (tertiary/aromatic N) is 2. The lowest BCUT2D eigenvalue weighted by molar-refractivity contribution is 0.0597. The Balaban J connectivity index is 1.34. The number of hydrogen-bond acceptors (Lipinski definition) is 5. The Labute approximate surface area is 167 Å². The molecule has 0 bridgehead atoms. The van der Waals surface area contributed by atoms with Crippen LogP contribution in [-0.4, -0.2) is 55.8 Å². The summed E-state index contributed by atoms with van der Waals surface area (Å²) in [7, 11) is 1.33. The van der Waals surface area contributed by atoms with Crippen molar-refractivity contribution in [2.24, 2.45) is 0 Å².